The average molecular weight is 646 g/mol. The second-order valence-electron chi connectivity index (χ2n) is 12.8. The minimum Gasteiger partial charge on any atom is -0.484 e. The maximum Gasteiger partial charge on any atom is 0.169 e. The minimum absolute atomic E-state index is 0.0510. The number of fused-ring (bicyclic) bond motifs is 7. The molecular weight excluding hydrogens is 615 g/mol. The third-order valence-electron chi connectivity index (χ3n) is 9.89. The molecule has 4 heterocycles. The van der Waals surface area contributed by atoms with Crippen molar-refractivity contribution in [3.63, 3.8) is 0 Å². The van der Waals surface area contributed by atoms with Crippen LogP contribution in [-0.2, 0) is 0 Å². The Kier molecular flexibility index (Phi) is 6.59. The lowest BCUT2D eigenvalue weighted by Crippen LogP contribution is -2.37. The van der Waals surface area contributed by atoms with Crippen molar-refractivity contribution in [2.45, 2.75) is 18.2 Å². The Labute approximate surface area is 289 Å². The topological polar surface area (TPSA) is 63.8 Å². The summed E-state index contributed by atoms with van der Waals surface area (Å²) < 4.78 is 9.39. The van der Waals surface area contributed by atoms with Crippen molar-refractivity contribution in [2.75, 3.05) is 0 Å². The Morgan fingerprint density at radius 1 is 0.640 bits per heavy atom. The van der Waals surface area contributed by atoms with Crippen LogP contribution < -0.4 is 10.1 Å². The van der Waals surface area contributed by atoms with Gasteiger partial charge in [0, 0.05) is 51.0 Å². The highest BCUT2D eigenvalue weighted by atomic mass is 16.5. The lowest BCUT2D eigenvalue weighted by molar-refractivity contribution is 0.224. The number of nitrogens with zero attached hydrogens (tertiary/aromatic N) is 4. The van der Waals surface area contributed by atoms with Crippen molar-refractivity contribution < 1.29 is 4.74 Å². The molecule has 3 atom stereocenters. The first-order valence-electron chi connectivity index (χ1n) is 17.0. The van der Waals surface area contributed by atoms with E-state index < -0.39 is 6.17 Å². The molecule has 5 aromatic carbocycles. The highest BCUT2D eigenvalue weighted by Crippen LogP contribution is 2.55. The Morgan fingerprint density at radius 3 is 2.16 bits per heavy atom. The predicted molar refractivity (Wildman–Crippen MR) is 200 cm³/mol. The van der Waals surface area contributed by atoms with Crippen LogP contribution in [-0.4, -0.2) is 21.2 Å². The van der Waals surface area contributed by atoms with E-state index in [1.807, 2.05) is 54.7 Å². The molecule has 1 aliphatic carbocycles. The molecule has 6 nitrogen and oxygen atoms in total. The van der Waals surface area contributed by atoms with Crippen LogP contribution in [0.3, 0.4) is 0 Å². The van der Waals surface area contributed by atoms with Crippen molar-refractivity contribution in [1.29, 1.82) is 0 Å². The van der Waals surface area contributed by atoms with E-state index in [1.165, 1.54) is 10.9 Å². The van der Waals surface area contributed by atoms with Crippen molar-refractivity contribution in [1.82, 2.24) is 14.9 Å². The highest BCUT2D eigenvalue weighted by molar-refractivity contribution is 6.18. The second-order valence-corrected chi connectivity index (χ2v) is 12.8. The van der Waals surface area contributed by atoms with Gasteiger partial charge in [-0.1, -0.05) is 109 Å². The van der Waals surface area contributed by atoms with Crippen molar-refractivity contribution in [3.8, 4) is 22.7 Å². The monoisotopic (exact) mass is 645 g/mol. The molecule has 0 amide bonds. The summed E-state index contributed by atoms with van der Waals surface area (Å²) in [7, 11) is 0. The average Bonchev–Trinajstić information content (AvgIpc) is 3.74. The summed E-state index contributed by atoms with van der Waals surface area (Å²) in [5.41, 5.74) is 10.6. The van der Waals surface area contributed by atoms with Crippen molar-refractivity contribution in [3.05, 3.63) is 191 Å². The molecule has 238 valence electrons. The molecule has 3 unspecified atom stereocenters. The van der Waals surface area contributed by atoms with Gasteiger partial charge < -0.3 is 14.6 Å². The number of aliphatic imine (C=N–C) groups is 2. The third-order valence-corrected chi connectivity index (χ3v) is 9.89. The van der Waals surface area contributed by atoms with Gasteiger partial charge >= 0.3 is 0 Å². The molecule has 2 aromatic heterocycles. The van der Waals surface area contributed by atoms with E-state index in [4.69, 9.17) is 19.7 Å². The number of benzene rings is 5. The van der Waals surface area contributed by atoms with Crippen LogP contribution in [0.15, 0.2) is 168 Å². The summed E-state index contributed by atoms with van der Waals surface area (Å²) in [5, 5.41) is 4.88. The number of amidine groups is 2. The zero-order chi connectivity index (χ0) is 33.0. The Morgan fingerprint density at radius 2 is 1.36 bits per heavy atom. The fourth-order valence-electron chi connectivity index (χ4n) is 7.71. The van der Waals surface area contributed by atoms with E-state index in [2.05, 4.69) is 119 Å². The van der Waals surface area contributed by atoms with E-state index in [9.17, 15) is 0 Å². The van der Waals surface area contributed by atoms with E-state index in [-0.39, 0.29) is 12.0 Å². The molecule has 0 radical (unpaired) electrons. The summed E-state index contributed by atoms with van der Waals surface area (Å²) in [4.78, 5) is 15.3. The maximum absolute atomic E-state index is 7.04. The summed E-state index contributed by atoms with van der Waals surface area (Å²) in [6, 6.07) is 50.0. The molecule has 6 heteroatoms. The number of pyridine rings is 1. The molecule has 1 N–H and O–H groups in total. The van der Waals surface area contributed by atoms with Gasteiger partial charge in [0.2, 0.25) is 0 Å². The van der Waals surface area contributed by atoms with Gasteiger partial charge in [-0.05, 0) is 54.1 Å². The number of para-hydroxylation sites is 2. The van der Waals surface area contributed by atoms with E-state index in [0.29, 0.717) is 0 Å². The van der Waals surface area contributed by atoms with Crippen LogP contribution >= 0.6 is 0 Å². The first-order valence-corrected chi connectivity index (χ1v) is 17.0. The molecule has 7 aromatic rings. The Hall–Kier alpha value is -6.53. The van der Waals surface area contributed by atoms with Crippen molar-refractivity contribution in [2.24, 2.45) is 9.98 Å². The minimum atomic E-state index is -0.425. The molecule has 50 heavy (non-hydrogen) atoms. The van der Waals surface area contributed by atoms with Gasteiger partial charge in [0.25, 0.3) is 0 Å². The number of aromatic nitrogens is 2. The molecule has 0 saturated carbocycles. The zero-order valence-corrected chi connectivity index (χ0v) is 27.0. The summed E-state index contributed by atoms with van der Waals surface area (Å²) >= 11 is 0. The standard InChI is InChI=1S/C44H31N5O/c1-4-14-28(15-5-1)42-46-43(29-16-6-2-7-17-29)48-44(47-42)40-31(34-21-12-13-27-45-34)24-26-37-39(40)33-23-25-36-38(41(33)50-37)32-20-10-11-22-35(32)49(36)30-18-8-3-9-19-30/h1-27,33,41-42H,(H,46,47,48). The molecule has 0 fully saturated rings. The largest absolute Gasteiger partial charge is 0.484 e. The van der Waals surface area contributed by atoms with Gasteiger partial charge in [-0.25, -0.2) is 9.98 Å². The van der Waals surface area contributed by atoms with Crippen LogP contribution in [0.2, 0.25) is 0 Å². The van der Waals surface area contributed by atoms with Crippen LogP contribution in [0, 0.1) is 0 Å². The van der Waals surface area contributed by atoms with Crippen molar-refractivity contribution >= 4 is 28.7 Å². The Bertz CT molecular complexity index is 2490. The molecule has 3 aliphatic rings. The maximum atomic E-state index is 7.04. The van der Waals surface area contributed by atoms with Gasteiger partial charge in [0.1, 0.15) is 23.5 Å². The van der Waals surface area contributed by atoms with E-state index in [1.54, 1.807) is 0 Å². The predicted octanol–water partition coefficient (Wildman–Crippen LogP) is 9.43. The molecule has 10 rings (SSSR count). The number of rotatable bonds is 5. The van der Waals surface area contributed by atoms with Gasteiger partial charge in [-0.15, -0.1) is 0 Å². The normalized spacial score (nSPS) is 18.7. The van der Waals surface area contributed by atoms with Gasteiger partial charge in [0.05, 0.1) is 16.9 Å². The third kappa shape index (κ3) is 4.53. The lowest BCUT2D eigenvalue weighted by atomic mass is 9.81. The summed E-state index contributed by atoms with van der Waals surface area (Å²) in [6.45, 7) is 0. The molecular formula is C44H31N5O. The summed E-state index contributed by atoms with van der Waals surface area (Å²) in [5.74, 6) is 2.33. The van der Waals surface area contributed by atoms with E-state index in [0.717, 1.165) is 67.8 Å². The quantitative estimate of drug-likeness (QED) is 0.203. The number of nitrogens with one attached hydrogen (secondary N) is 1. The number of ether oxygens (including phenoxy) is 1. The summed E-state index contributed by atoms with van der Waals surface area (Å²) in [6.07, 6.45) is 5.79. The lowest BCUT2D eigenvalue weighted by Gasteiger charge is -2.26. The second kappa shape index (κ2) is 11.6. The first kappa shape index (κ1) is 28.5. The Balaban J connectivity index is 1.18. The highest BCUT2D eigenvalue weighted by Gasteiger charge is 2.43. The van der Waals surface area contributed by atoms with Gasteiger partial charge in [0.15, 0.2) is 6.17 Å². The number of hydrogen-bond donors (Lipinski definition) is 1. The van der Waals surface area contributed by atoms with Gasteiger partial charge in [-0.3, -0.25) is 4.98 Å². The smallest absolute Gasteiger partial charge is 0.169 e. The van der Waals surface area contributed by atoms with E-state index >= 15 is 0 Å². The SMILES string of the molecule is C1=CC2c3c(ccc(-c4ccccn4)c3C3=NC(c4ccccc4)N=C(c4ccccc4)N3)OC2c2c1n(-c1ccccc1)c1ccccc21. The molecule has 0 saturated heterocycles. The molecule has 2 aliphatic heterocycles. The fraction of sp³-hybridized carbons (Fsp3) is 0.0682. The van der Waals surface area contributed by atoms with Crippen LogP contribution in [0.5, 0.6) is 5.75 Å². The van der Waals surface area contributed by atoms with Gasteiger partial charge in [-0.2, -0.15) is 0 Å². The fourth-order valence-corrected chi connectivity index (χ4v) is 7.71. The van der Waals surface area contributed by atoms with Crippen LogP contribution in [0.1, 0.15) is 51.7 Å². The molecule has 0 bridgehead atoms. The first-order chi connectivity index (χ1) is 24.8. The zero-order valence-electron chi connectivity index (χ0n) is 27.0. The number of hydrogen-bond acceptors (Lipinski definition) is 5. The van der Waals surface area contributed by atoms with Crippen LogP contribution in [0.25, 0.3) is 33.9 Å². The van der Waals surface area contributed by atoms with Crippen LogP contribution in [0.4, 0.5) is 0 Å². The molecule has 0 spiro atoms.